The summed E-state index contributed by atoms with van der Waals surface area (Å²) in [6, 6.07) is 6.82. The standard InChI is InChI=1S/C28H44ClNO11/c29-5-7-33-9-11-35-13-15-37-17-19-39-21-23-41-24-22-40-20-18-38-16-14-36-12-10-34-8-6-30-27(31)25-3-1-2-4-26(25)28(30)32/h1-4H,5-24H2. The highest BCUT2D eigenvalue weighted by Gasteiger charge is 2.34. The van der Waals surface area contributed by atoms with Crippen LogP contribution in [-0.2, 0) is 42.6 Å². The topological polar surface area (TPSA) is 120 Å². The van der Waals surface area contributed by atoms with Gasteiger partial charge in [0, 0.05) is 5.88 Å². The number of rotatable bonds is 29. The fraction of sp³-hybridized carbons (Fsp3) is 0.714. The van der Waals surface area contributed by atoms with Gasteiger partial charge >= 0.3 is 0 Å². The quantitative estimate of drug-likeness (QED) is 0.0753. The van der Waals surface area contributed by atoms with Crippen LogP contribution >= 0.6 is 11.6 Å². The van der Waals surface area contributed by atoms with Gasteiger partial charge in [-0.2, -0.15) is 0 Å². The van der Waals surface area contributed by atoms with Crippen molar-refractivity contribution in [2.75, 3.05) is 131 Å². The summed E-state index contributed by atoms with van der Waals surface area (Å²) in [6.07, 6.45) is 0. The molecule has 1 aliphatic rings. The van der Waals surface area contributed by atoms with E-state index in [-0.39, 0.29) is 25.0 Å². The number of hydrogen-bond acceptors (Lipinski definition) is 11. The van der Waals surface area contributed by atoms with Crippen molar-refractivity contribution >= 4 is 23.4 Å². The summed E-state index contributed by atoms with van der Waals surface area (Å²) in [5.41, 5.74) is 0.886. The summed E-state index contributed by atoms with van der Waals surface area (Å²) in [5.74, 6) is -0.0612. The molecule has 0 spiro atoms. The first kappa shape index (κ1) is 35.5. The average molecular weight is 606 g/mol. The molecule has 234 valence electrons. The fourth-order valence-electron chi connectivity index (χ4n) is 3.51. The second-order valence-electron chi connectivity index (χ2n) is 8.51. The number of carbonyl (C=O) groups is 2. The molecule has 2 amide bonds. The predicted molar refractivity (Wildman–Crippen MR) is 150 cm³/mol. The molecule has 0 saturated carbocycles. The lowest BCUT2D eigenvalue weighted by Crippen LogP contribution is -2.33. The highest BCUT2D eigenvalue weighted by Crippen LogP contribution is 2.21. The van der Waals surface area contributed by atoms with E-state index in [1.807, 2.05) is 0 Å². The smallest absolute Gasteiger partial charge is 0.261 e. The van der Waals surface area contributed by atoms with Crippen LogP contribution in [0.25, 0.3) is 0 Å². The van der Waals surface area contributed by atoms with Gasteiger partial charge in [0.15, 0.2) is 0 Å². The molecule has 0 aliphatic carbocycles. The third kappa shape index (κ3) is 16.5. The Morgan fingerprint density at radius 3 is 1.00 bits per heavy atom. The Morgan fingerprint density at radius 2 is 0.707 bits per heavy atom. The van der Waals surface area contributed by atoms with E-state index in [1.54, 1.807) is 24.3 Å². The largest absolute Gasteiger partial charge is 0.378 e. The maximum absolute atomic E-state index is 12.3. The van der Waals surface area contributed by atoms with E-state index in [1.165, 1.54) is 4.90 Å². The van der Waals surface area contributed by atoms with Crippen LogP contribution in [0.2, 0.25) is 0 Å². The van der Waals surface area contributed by atoms with Crippen molar-refractivity contribution in [3.8, 4) is 0 Å². The number of hydrogen-bond donors (Lipinski definition) is 0. The highest BCUT2D eigenvalue weighted by molar-refractivity contribution is 6.21. The monoisotopic (exact) mass is 605 g/mol. The van der Waals surface area contributed by atoms with Gasteiger partial charge in [0.25, 0.3) is 11.8 Å². The molecule has 13 heteroatoms. The summed E-state index contributed by atoms with van der Waals surface area (Å²) < 4.78 is 48.7. The lowest BCUT2D eigenvalue weighted by atomic mass is 10.1. The molecule has 2 rings (SSSR count). The van der Waals surface area contributed by atoms with Crippen molar-refractivity contribution in [2.24, 2.45) is 0 Å². The van der Waals surface area contributed by atoms with Crippen LogP contribution in [0.1, 0.15) is 20.7 Å². The van der Waals surface area contributed by atoms with Crippen molar-refractivity contribution in [3.63, 3.8) is 0 Å². The Hall–Kier alpha value is -1.71. The molecular formula is C28H44ClNO11. The van der Waals surface area contributed by atoms with Crippen LogP contribution in [0.4, 0.5) is 0 Å². The molecular weight excluding hydrogens is 562 g/mol. The van der Waals surface area contributed by atoms with E-state index in [9.17, 15) is 9.59 Å². The summed E-state index contributed by atoms with van der Waals surface area (Å²) in [6.45, 7) is 8.71. The van der Waals surface area contributed by atoms with Gasteiger partial charge in [-0.05, 0) is 12.1 Å². The van der Waals surface area contributed by atoms with Crippen LogP contribution < -0.4 is 0 Å². The third-order valence-electron chi connectivity index (χ3n) is 5.53. The number of fused-ring (bicyclic) bond motifs is 1. The lowest BCUT2D eigenvalue weighted by Gasteiger charge is -2.13. The number of benzene rings is 1. The molecule has 1 heterocycles. The third-order valence-corrected chi connectivity index (χ3v) is 5.69. The van der Waals surface area contributed by atoms with Crippen molar-refractivity contribution < 1.29 is 52.2 Å². The van der Waals surface area contributed by atoms with Crippen molar-refractivity contribution in [3.05, 3.63) is 35.4 Å². The van der Waals surface area contributed by atoms with E-state index in [2.05, 4.69) is 0 Å². The zero-order chi connectivity index (χ0) is 29.2. The Balaban J connectivity index is 1.21. The fourth-order valence-corrected chi connectivity index (χ4v) is 3.62. The first-order valence-corrected chi connectivity index (χ1v) is 14.5. The van der Waals surface area contributed by atoms with E-state index in [0.717, 1.165) is 0 Å². The van der Waals surface area contributed by atoms with Gasteiger partial charge in [0.1, 0.15) is 0 Å². The maximum Gasteiger partial charge on any atom is 0.261 e. The number of amides is 2. The van der Waals surface area contributed by atoms with Crippen LogP contribution in [0.15, 0.2) is 24.3 Å². The zero-order valence-corrected chi connectivity index (χ0v) is 24.5. The van der Waals surface area contributed by atoms with E-state index in [0.29, 0.717) is 129 Å². The number of imide groups is 1. The molecule has 1 aromatic rings. The Kier molecular flexibility index (Phi) is 21.5. The minimum absolute atomic E-state index is 0.217. The summed E-state index contributed by atoms with van der Waals surface area (Å²) in [5, 5.41) is 0. The molecule has 0 fully saturated rings. The molecule has 0 radical (unpaired) electrons. The Morgan fingerprint density at radius 1 is 0.439 bits per heavy atom. The number of halogens is 1. The van der Waals surface area contributed by atoms with Gasteiger partial charge in [-0.25, -0.2) is 0 Å². The molecule has 0 bridgehead atoms. The average Bonchev–Trinajstić information content (AvgIpc) is 3.23. The Labute approximate surface area is 247 Å². The highest BCUT2D eigenvalue weighted by atomic mass is 35.5. The second-order valence-corrected chi connectivity index (χ2v) is 8.89. The predicted octanol–water partition coefficient (Wildman–Crippen LogP) is 1.67. The van der Waals surface area contributed by atoms with Crippen molar-refractivity contribution in [1.82, 2.24) is 4.90 Å². The maximum atomic E-state index is 12.3. The second kappa shape index (κ2) is 24.8. The molecule has 0 N–H and O–H groups in total. The number of alkyl halides is 1. The van der Waals surface area contributed by atoms with Gasteiger partial charge in [0.2, 0.25) is 0 Å². The number of nitrogens with zero attached hydrogens (tertiary/aromatic N) is 1. The lowest BCUT2D eigenvalue weighted by molar-refractivity contribution is -0.0249. The van der Waals surface area contributed by atoms with Crippen LogP contribution in [0, 0.1) is 0 Å². The van der Waals surface area contributed by atoms with Crippen LogP contribution in [0.3, 0.4) is 0 Å². The molecule has 1 aliphatic heterocycles. The molecule has 0 unspecified atom stereocenters. The Bertz CT molecular complexity index is 782. The van der Waals surface area contributed by atoms with Crippen molar-refractivity contribution in [1.29, 1.82) is 0 Å². The number of ether oxygens (including phenoxy) is 9. The van der Waals surface area contributed by atoms with E-state index in [4.69, 9.17) is 54.2 Å². The molecule has 0 atom stereocenters. The van der Waals surface area contributed by atoms with Gasteiger partial charge in [0.05, 0.1) is 137 Å². The molecule has 0 aromatic heterocycles. The SMILES string of the molecule is O=C1c2ccccc2C(=O)N1CCOCCOCCOCCOCCOCCOCCOCCOCCOCCCl. The molecule has 1 aromatic carbocycles. The normalized spacial score (nSPS) is 13.0. The molecule has 41 heavy (non-hydrogen) atoms. The van der Waals surface area contributed by atoms with Crippen LogP contribution in [0.5, 0.6) is 0 Å². The van der Waals surface area contributed by atoms with Gasteiger partial charge in [-0.15, -0.1) is 11.6 Å². The molecule has 0 saturated heterocycles. The first-order chi connectivity index (χ1) is 20.3. The minimum Gasteiger partial charge on any atom is -0.378 e. The van der Waals surface area contributed by atoms with Gasteiger partial charge in [-0.1, -0.05) is 12.1 Å². The minimum atomic E-state index is -0.276. The number of carbonyl (C=O) groups excluding carboxylic acids is 2. The van der Waals surface area contributed by atoms with E-state index < -0.39 is 0 Å². The van der Waals surface area contributed by atoms with Crippen LogP contribution in [-0.4, -0.2) is 148 Å². The van der Waals surface area contributed by atoms with E-state index >= 15 is 0 Å². The molecule has 12 nitrogen and oxygen atoms in total. The summed E-state index contributed by atoms with van der Waals surface area (Å²) >= 11 is 5.50. The summed E-state index contributed by atoms with van der Waals surface area (Å²) in [7, 11) is 0. The summed E-state index contributed by atoms with van der Waals surface area (Å²) in [4.78, 5) is 25.8. The first-order valence-electron chi connectivity index (χ1n) is 14.0. The van der Waals surface area contributed by atoms with Gasteiger partial charge < -0.3 is 42.6 Å². The van der Waals surface area contributed by atoms with Crippen molar-refractivity contribution in [2.45, 2.75) is 0 Å². The van der Waals surface area contributed by atoms with Gasteiger partial charge in [-0.3, -0.25) is 14.5 Å². The zero-order valence-electron chi connectivity index (χ0n) is 23.8.